The van der Waals surface area contributed by atoms with E-state index in [-0.39, 0.29) is 12.6 Å². The molecule has 0 fully saturated rings. The number of ether oxygens (including phenoxy) is 1. The Hall–Kier alpha value is -2.74. The minimum atomic E-state index is -0.806. The zero-order valence-corrected chi connectivity index (χ0v) is 17.5. The molecule has 1 aromatic heterocycles. The van der Waals surface area contributed by atoms with Gasteiger partial charge in [-0.25, -0.2) is 4.79 Å². The fourth-order valence-corrected chi connectivity index (χ4v) is 3.77. The maximum Gasteiger partial charge on any atom is 0.407 e. The topological polar surface area (TPSA) is 97.5 Å². The molecule has 0 radical (unpaired) electrons. The van der Waals surface area contributed by atoms with Gasteiger partial charge in [0, 0.05) is 12.2 Å². The van der Waals surface area contributed by atoms with Crippen LogP contribution >= 0.6 is 11.3 Å². The first-order chi connectivity index (χ1) is 14.6. The molecule has 1 amide bonds. The lowest BCUT2D eigenvalue weighted by Gasteiger charge is -2.26. The van der Waals surface area contributed by atoms with E-state index in [1.54, 1.807) is 11.7 Å². The van der Waals surface area contributed by atoms with Crippen LogP contribution in [-0.2, 0) is 24.2 Å². The van der Waals surface area contributed by atoms with Gasteiger partial charge in [0.25, 0.3) is 0 Å². The van der Waals surface area contributed by atoms with Crippen molar-refractivity contribution < 1.29 is 14.6 Å². The number of nitrogens with two attached hydrogens (primary N) is 1. The first kappa shape index (κ1) is 22.0. The number of carbonyl (C=O) groups is 1. The fourth-order valence-electron chi connectivity index (χ4n) is 3.27. The smallest absolute Gasteiger partial charge is 0.407 e. The molecule has 3 rings (SSSR count). The van der Waals surface area contributed by atoms with E-state index in [1.165, 1.54) is 11.3 Å². The third-order valence-electron chi connectivity index (χ3n) is 4.78. The minimum Gasteiger partial charge on any atom is -0.444 e. The van der Waals surface area contributed by atoms with Crippen LogP contribution in [0.1, 0.15) is 22.4 Å². The molecule has 3 aromatic rings. The Balaban J connectivity index is 1.59. The second-order valence-electron chi connectivity index (χ2n) is 7.24. The lowest BCUT2D eigenvalue weighted by Crippen LogP contribution is -2.47. The Labute approximate surface area is 180 Å². The number of hydrogen-bond acceptors (Lipinski definition) is 6. The number of aliphatic hydroxyl groups is 1. The van der Waals surface area contributed by atoms with Crippen molar-refractivity contribution in [2.45, 2.75) is 44.1 Å². The van der Waals surface area contributed by atoms with Crippen molar-refractivity contribution in [2.24, 2.45) is 5.73 Å². The number of benzene rings is 2. The van der Waals surface area contributed by atoms with Crippen LogP contribution in [0, 0.1) is 0 Å². The summed E-state index contributed by atoms with van der Waals surface area (Å²) in [5, 5.41) is 13.7. The molecule has 0 unspecified atom stereocenters. The number of nitrogens with one attached hydrogen (secondary N) is 1. The van der Waals surface area contributed by atoms with Crippen LogP contribution in [0.4, 0.5) is 4.79 Å². The van der Waals surface area contributed by atoms with Gasteiger partial charge in [-0.3, -0.25) is 4.98 Å². The normalized spacial score (nSPS) is 13.9. The van der Waals surface area contributed by atoms with Crippen molar-refractivity contribution in [2.75, 3.05) is 0 Å². The number of hydrogen-bond donors (Lipinski definition) is 3. The fraction of sp³-hybridized carbons (Fsp3) is 0.304. The molecule has 0 aliphatic rings. The van der Waals surface area contributed by atoms with Crippen LogP contribution in [0.5, 0.6) is 0 Å². The molecule has 7 heteroatoms. The molecule has 0 saturated carbocycles. The molecule has 4 N–H and O–H groups in total. The number of carbonyl (C=O) groups excluding carboxylic acids is 1. The van der Waals surface area contributed by atoms with E-state index in [0.717, 1.165) is 16.0 Å². The van der Waals surface area contributed by atoms with Gasteiger partial charge in [0.15, 0.2) is 0 Å². The average Bonchev–Trinajstić information content (AvgIpc) is 3.27. The van der Waals surface area contributed by atoms with Gasteiger partial charge in [-0.05, 0) is 30.4 Å². The molecular formula is C23H27N3O3S. The van der Waals surface area contributed by atoms with Gasteiger partial charge >= 0.3 is 6.09 Å². The molecule has 1 heterocycles. The highest BCUT2D eigenvalue weighted by Crippen LogP contribution is 2.13. The summed E-state index contributed by atoms with van der Waals surface area (Å²) in [5.74, 6) is 0. The second kappa shape index (κ2) is 11.4. The van der Waals surface area contributed by atoms with E-state index >= 15 is 0 Å². The Morgan fingerprint density at radius 2 is 1.70 bits per heavy atom. The summed E-state index contributed by atoms with van der Waals surface area (Å²) >= 11 is 1.42. The van der Waals surface area contributed by atoms with Crippen molar-refractivity contribution in [1.29, 1.82) is 0 Å². The molecule has 6 nitrogen and oxygen atoms in total. The number of alkyl carbamates (subject to hydrolysis) is 1. The van der Waals surface area contributed by atoms with Crippen molar-refractivity contribution >= 4 is 17.4 Å². The number of aliphatic hydroxyl groups excluding tert-OH is 1. The molecule has 0 spiro atoms. The Morgan fingerprint density at radius 1 is 1.07 bits per heavy atom. The van der Waals surface area contributed by atoms with E-state index in [9.17, 15) is 9.90 Å². The lowest BCUT2D eigenvalue weighted by molar-refractivity contribution is 0.0925. The predicted molar refractivity (Wildman–Crippen MR) is 118 cm³/mol. The summed E-state index contributed by atoms with van der Waals surface area (Å²) in [6.45, 7) is 0.151. The Kier molecular flexibility index (Phi) is 8.38. The van der Waals surface area contributed by atoms with Crippen molar-refractivity contribution in [3.63, 3.8) is 0 Å². The van der Waals surface area contributed by atoms with Gasteiger partial charge < -0.3 is 20.9 Å². The van der Waals surface area contributed by atoms with E-state index in [4.69, 9.17) is 10.5 Å². The van der Waals surface area contributed by atoms with E-state index in [0.29, 0.717) is 19.3 Å². The van der Waals surface area contributed by atoms with Crippen molar-refractivity contribution in [3.05, 3.63) is 88.4 Å². The van der Waals surface area contributed by atoms with E-state index in [1.807, 2.05) is 60.7 Å². The second-order valence-corrected chi connectivity index (χ2v) is 8.21. The highest BCUT2D eigenvalue weighted by molar-refractivity contribution is 7.09. The van der Waals surface area contributed by atoms with Gasteiger partial charge in [-0.2, -0.15) is 0 Å². The van der Waals surface area contributed by atoms with Gasteiger partial charge in [-0.15, -0.1) is 11.3 Å². The molecule has 0 saturated heterocycles. The highest BCUT2D eigenvalue weighted by Gasteiger charge is 2.24. The quantitative estimate of drug-likeness (QED) is 0.463. The zero-order valence-electron chi connectivity index (χ0n) is 16.7. The first-order valence-electron chi connectivity index (χ1n) is 9.92. The maximum atomic E-state index is 12.3. The van der Waals surface area contributed by atoms with Crippen LogP contribution in [0.15, 0.2) is 72.4 Å². The Morgan fingerprint density at radius 3 is 2.30 bits per heavy atom. The zero-order chi connectivity index (χ0) is 21.2. The van der Waals surface area contributed by atoms with Crippen molar-refractivity contribution in [3.8, 4) is 0 Å². The number of rotatable bonds is 10. The van der Waals surface area contributed by atoms with Crippen LogP contribution < -0.4 is 11.1 Å². The third-order valence-corrected chi connectivity index (χ3v) is 5.53. The molecule has 158 valence electrons. The van der Waals surface area contributed by atoms with Crippen LogP contribution in [-0.4, -0.2) is 34.4 Å². The lowest BCUT2D eigenvalue weighted by atomic mass is 9.94. The number of nitrogens with zero attached hydrogens (tertiary/aromatic N) is 1. The number of amides is 1. The molecule has 2 aromatic carbocycles. The van der Waals surface area contributed by atoms with Crippen molar-refractivity contribution in [1.82, 2.24) is 10.3 Å². The summed E-state index contributed by atoms with van der Waals surface area (Å²) in [6.07, 6.45) is 1.79. The van der Waals surface area contributed by atoms with E-state index in [2.05, 4.69) is 10.3 Å². The van der Waals surface area contributed by atoms with Gasteiger partial charge in [0.05, 0.1) is 22.5 Å². The van der Waals surface area contributed by atoms with Crippen LogP contribution in [0.2, 0.25) is 0 Å². The largest absolute Gasteiger partial charge is 0.444 e. The monoisotopic (exact) mass is 425 g/mol. The van der Waals surface area contributed by atoms with Crippen LogP contribution in [0.3, 0.4) is 0 Å². The molecular weight excluding hydrogens is 398 g/mol. The highest BCUT2D eigenvalue weighted by atomic mass is 32.1. The van der Waals surface area contributed by atoms with Gasteiger partial charge in [0.1, 0.15) is 6.61 Å². The summed E-state index contributed by atoms with van der Waals surface area (Å²) in [7, 11) is 0. The van der Waals surface area contributed by atoms with Crippen LogP contribution in [0.25, 0.3) is 0 Å². The summed E-state index contributed by atoms with van der Waals surface area (Å²) < 4.78 is 5.28. The average molecular weight is 426 g/mol. The van der Waals surface area contributed by atoms with Gasteiger partial charge in [-0.1, -0.05) is 60.7 Å². The maximum absolute atomic E-state index is 12.3. The number of aromatic nitrogens is 1. The summed E-state index contributed by atoms with van der Waals surface area (Å²) in [4.78, 5) is 17.2. The molecule has 0 aliphatic heterocycles. The standard InChI is InChI=1S/C23H27N3O3S/c24-19(11-17-7-3-1-4-8-17)13-22(27)21(12-18-9-5-2-6-10-18)26-23(28)29-15-20-14-25-16-30-20/h1-10,14,16,19,21-22,27H,11-13,15,24H2,(H,26,28)/t19-,21-,22+/m1/s1. The Bertz CT molecular complexity index is 875. The predicted octanol–water partition coefficient (Wildman–Crippen LogP) is 3.30. The molecule has 30 heavy (non-hydrogen) atoms. The third kappa shape index (κ3) is 7.26. The minimum absolute atomic E-state index is 0.151. The summed E-state index contributed by atoms with van der Waals surface area (Å²) in [6, 6.07) is 18.9. The SMILES string of the molecule is N[C@H](Cc1ccccc1)C[C@H](O)[C@@H](Cc1ccccc1)NC(=O)OCc1cncs1. The summed E-state index contributed by atoms with van der Waals surface area (Å²) in [5.41, 5.74) is 10.1. The number of thiazole rings is 1. The van der Waals surface area contributed by atoms with Gasteiger partial charge in [0.2, 0.25) is 0 Å². The first-order valence-corrected chi connectivity index (χ1v) is 10.8. The molecule has 3 atom stereocenters. The molecule has 0 bridgehead atoms. The molecule has 0 aliphatic carbocycles. The van der Waals surface area contributed by atoms with E-state index < -0.39 is 18.2 Å².